The highest BCUT2D eigenvalue weighted by Gasteiger charge is 2.38. The normalized spacial score (nSPS) is 20.7. The van der Waals surface area contributed by atoms with Gasteiger partial charge in [0.25, 0.3) is 10.0 Å². The van der Waals surface area contributed by atoms with Crippen molar-refractivity contribution in [1.29, 1.82) is 0 Å². The number of carbonyl (C=O) groups excluding carboxylic acids is 1. The number of carbonyl (C=O) groups is 1. The molecule has 19 heavy (non-hydrogen) atoms. The van der Waals surface area contributed by atoms with Crippen LogP contribution in [0, 0.1) is 0 Å². The second-order valence-corrected chi connectivity index (χ2v) is 7.43. The first-order valence-corrected chi connectivity index (χ1v) is 7.49. The third-order valence-electron chi connectivity index (χ3n) is 2.57. The van der Waals surface area contributed by atoms with Crippen molar-refractivity contribution in [1.82, 2.24) is 19.4 Å². The van der Waals surface area contributed by atoms with Crippen molar-refractivity contribution in [3.8, 4) is 0 Å². The summed E-state index contributed by atoms with van der Waals surface area (Å²) in [6, 6.07) is -0.447. The van der Waals surface area contributed by atoms with E-state index < -0.39 is 22.3 Å². The molecule has 11 heteroatoms. The molecule has 1 N–H and O–H groups in total. The van der Waals surface area contributed by atoms with E-state index in [-0.39, 0.29) is 16.0 Å². The van der Waals surface area contributed by atoms with E-state index >= 15 is 0 Å². The summed E-state index contributed by atoms with van der Waals surface area (Å²) in [6.07, 6.45) is -1.06. The van der Waals surface area contributed by atoms with Crippen LogP contribution in [0.4, 0.5) is 9.93 Å². The first-order chi connectivity index (χ1) is 8.75. The Hall–Kier alpha value is -1.30. The van der Waals surface area contributed by atoms with Crippen molar-refractivity contribution in [3.63, 3.8) is 0 Å². The maximum Gasteiger partial charge on any atom is 0.328 e. The summed E-state index contributed by atoms with van der Waals surface area (Å²) in [5.74, 6) is 0. The van der Waals surface area contributed by atoms with Crippen LogP contribution in [0.1, 0.15) is 0 Å². The van der Waals surface area contributed by atoms with Crippen molar-refractivity contribution in [2.24, 2.45) is 0 Å². The second-order valence-electron chi connectivity index (χ2n) is 4.15. The number of aliphatic hydroxyl groups excluding tert-OH is 1. The van der Waals surface area contributed by atoms with Crippen LogP contribution in [0.5, 0.6) is 0 Å². The Bertz CT molecular complexity index is 598. The molecule has 0 bridgehead atoms. The minimum atomic E-state index is -3.69. The first-order valence-electron chi connectivity index (χ1n) is 5.23. The number of rotatable bonds is 3. The summed E-state index contributed by atoms with van der Waals surface area (Å²) < 4.78 is 24.5. The summed E-state index contributed by atoms with van der Waals surface area (Å²) in [4.78, 5) is 14.1. The number of aromatic nitrogens is 2. The summed E-state index contributed by atoms with van der Waals surface area (Å²) in [6.45, 7) is 0.133. The number of amides is 2. The molecule has 1 atom stereocenters. The van der Waals surface area contributed by atoms with Gasteiger partial charge in [-0.05, 0) is 0 Å². The van der Waals surface area contributed by atoms with Crippen LogP contribution >= 0.6 is 11.3 Å². The van der Waals surface area contributed by atoms with Crippen LogP contribution < -0.4 is 4.90 Å². The van der Waals surface area contributed by atoms with E-state index in [1.807, 2.05) is 0 Å². The maximum absolute atomic E-state index is 11.8. The highest BCUT2D eigenvalue weighted by molar-refractivity contribution is 7.91. The summed E-state index contributed by atoms with van der Waals surface area (Å²) >= 11 is 0.742. The number of urea groups is 1. The molecule has 2 heterocycles. The zero-order valence-corrected chi connectivity index (χ0v) is 12.1. The number of aliphatic hydroxyl groups is 1. The Morgan fingerprint density at radius 3 is 2.53 bits per heavy atom. The molecule has 106 valence electrons. The van der Waals surface area contributed by atoms with Crippen molar-refractivity contribution in [2.75, 3.05) is 32.6 Å². The molecule has 0 saturated carbocycles. The second kappa shape index (κ2) is 4.67. The van der Waals surface area contributed by atoms with Gasteiger partial charge in [0.05, 0.1) is 6.54 Å². The van der Waals surface area contributed by atoms with Gasteiger partial charge >= 0.3 is 6.03 Å². The van der Waals surface area contributed by atoms with Gasteiger partial charge in [-0.3, -0.25) is 0 Å². The summed E-state index contributed by atoms with van der Waals surface area (Å²) in [5, 5.41) is 17.0. The van der Waals surface area contributed by atoms with Crippen LogP contribution in [0.15, 0.2) is 4.34 Å². The van der Waals surface area contributed by atoms with Gasteiger partial charge < -0.3 is 10.0 Å². The van der Waals surface area contributed by atoms with Crippen molar-refractivity contribution >= 4 is 32.5 Å². The quantitative estimate of drug-likeness (QED) is 0.716. The van der Waals surface area contributed by atoms with Crippen molar-refractivity contribution in [3.05, 3.63) is 0 Å². The minimum Gasteiger partial charge on any atom is -0.371 e. The molecule has 0 spiro atoms. The Kier molecular flexibility index (Phi) is 3.47. The largest absolute Gasteiger partial charge is 0.371 e. The topological polar surface area (TPSA) is 107 Å². The molecule has 0 radical (unpaired) electrons. The Labute approximate surface area is 114 Å². The van der Waals surface area contributed by atoms with E-state index in [1.54, 1.807) is 0 Å². The first kappa shape index (κ1) is 14.1. The fraction of sp³-hybridized carbons (Fsp3) is 0.625. The van der Waals surface area contributed by atoms with Gasteiger partial charge in [-0.25, -0.2) is 22.4 Å². The number of anilines is 1. The fourth-order valence-corrected chi connectivity index (χ4v) is 3.65. The van der Waals surface area contributed by atoms with E-state index in [1.165, 1.54) is 26.0 Å². The predicted molar refractivity (Wildman–Crippen MR) is 67.3 cm³/mol. The maximum atomic E-state index is 11.8. The smallest absolute Gasteiger partial charge is 0.328 e. The van der Waals surface area contributed by atoms with Gasteiger partial charge in [-0.2, -0.15) is 0 Å². The molecular weight excluding hydrogens is 294 g/mol. The molecule has 1 unspecified atom stereocenters. The number of hydrogen-bond acceptors (Lipinski definition) is 7. The lowest BCUT2D eigenvalue weighted by Crippen LogP contribution is -2.34. The molecule has 1 aromatic rings. The average Bonchev–Trinajstić information content (AvgIpc) is 2.86. The molecule has 0 aromatic carbocycles. The van der Waals surface area contributed by atoms with Crippen LogP contribution in [0.25, 0.3) is 0 Å². The molecule has 9 nitrogen and oxygen atoms in total. The third-order valence-corrected chi connectivity index (χ3v) is 5.65. The molecule has 1 aromatic heterocycles. The average molecular weight is 307 g/mol. The zero-order valence-electron chi connectivity index (χ0n) is 10.5. The van der Waals surface area contributed by atoms with Crippen LogP contribution in [0.3, 0.4) is 0 Å². The molecule has 1 aliphatic heterocycles. The van der Waals surface area contributed by atoms with E-state index in [0.717, 1.165) is 20.5 Å². The minimum absolute atomic E-state index is 0.0577. The van der Waals surface area contributed by atoms with Gasteiger partial charge in [0.15, 0.2) is 6.23 Å². The lowest BCUT2D eigenvalue weighted by molar-refractivity contribution is 0.183. The molecule has 2 amide bonds. The number of sulfonamides is 1. The van der Waals surface area contributed by atoms with Gasteiger partial charge in [0, 0.05) is 21.1 Å². The van der Waals surface area contributed by atoms with E-state index in [0.29, 0.717) is 0 Å². The summed E-state index contributed by atoms with van der Waals surface area (Å²) in [7, 11) is 0.593. The van der Waals surface area contributed by atoms with Gasteiger partial charge in [-0.1, -0.05) is 11.3 Å². The van der Waals surface area contributed by atoms with E-state index in [2.05, 4.69) is 10.2 Å². The standard InChI is InChI=1S/C8H13N5O4S2/c1-11(2)19(16,17)7-10-9-6(18-7)13-5(14)4-12(3)8(13)15/h5,14H,4H2,1-3H3. The number of likely N-dealkylation sites (N-methyl/N-ethyl adjacent to an activating group) is 1. The lowest BCUT2D eigenvalue weighted by atomic mass is 10.5. The molecule has 1 fully saturated rings. The lowest BCUT2D eigenvalue weighted by Gasteiger charge is -2.14. The monoisotopic (exact) mass is 307 g/mol. The highest BCUT2D eigenvalue weighted by Crippen LogP contribution is 2.29. The molecule has 1 aliphatic rings. The Balaban J connectivity index is 2.35. The highest BCUT2D eigenvalue weighted by atomic mass is 32.2. The van der Waals surface area contributed by atoms with E-state index in [4.69, 9.17) is 0 Å². The third kappa shape index (κ3) is 2.29. The SMILES string of the molecule is CN1CC(O)N(c2nnc(S(=O)(=O)N(C)C)s2)C1=O. The number of β-amino-alcohol motifs (C(OH)–C–C–N with tert-alkyl or cyclic N) is 1. The van der Waals surface area contributed by atoms with Crippen molar-refractivity contribution in [2.45, 2.75) is 10.6 Å². The van der Waals surface area contributed by atoms with E-state index in [9.17, 15) is 18.3 Å². The fourth-order valence-electron chi connectivity index (χ4n) is 1.49. The van der Waals surface area contributed by atoms with Crippen molar-refractivity contribution < 1.29 is 18.3 Å². The van der Waals surface area contributed by atoms with Crippen LogP contribution in [-0.4, -0.2) is 72.9 Å². The number of nitrogens with zero attached hydrogens (tertiary/aromatic N) is 5. The van der Waals surface area contributed by atoms with Gasteiger partial charge in [-0.15, -0.1) is 10.2 Å². The zero-order chi connectivity index (χ0) is 14.4. The molecule has 2 rings (SSSR count). The Morgan fingerprint density at radius 2 is 2.05 bits per heavy atom. The van der Waals surface area contributed by atoms with Gasteiger partial charge in [0.1, 0.15) is 0 Å². The van der Waals surface area contributed by atoms with Gasteiger partial charge in [0.2, 0.25) is 9.47 Å². The van der Waals surface area contributed by atoms with Crippen LogP contribution in [-0.2, 0) is 10.0 Å². The van der Waals surface area contributed by atoms with Crippen LogP contribution in [0.2, 0.25) is 0 Å². The summed E-state index contributed by atoms with van der Waals surface area (Å²) in [5.41, 5.74) is 0. The predicted octanol–water partition coefficient (Wildman–Crippen LogP) is -1.02. The molecule has 1 saturated heterocycles. The molecule has 0 aliphatic carbocycles. The molecular formula is C8H13N5O4S2. The number of hydrogen-bond donors (Lipinski definition) is 1. The Morgan fingerprint density at radius 1 is 1.42 bits per heavy atom.